The number of carbonyl (C=O) groups excluding carboxylic acids is 1. The molecule has 1 aliphatic heterocycles. The molecule has 0 aliphatic carbocycles. The number of fused-ring (bicyclic) bond motifs is 1. The van der Waals surface area contributed by atoms with Gasteiger partial charge in [0.1, 0.15) is 11.9 Å². The Labute approximate surface area is 190 Å². The van der Waals surface area contributed by atoms with Crippen molar-refractivity contribution < 1.29 is 13.9 Å². The van der Waals surface area contributed by atoms with E-state index >= 15 is 0 Å². The number of nitrogens with one attached hydrogen (secondary N) is 2. The summed E-state index contributed by atoms with van der Waals surface area (Å²) in [5.41, 5.74) is 1.48. The van der Waals surface area contributed by atoms with Crippen molar-refractivity contribution in [2.24, 2.45) is 7.05 Å². The van der Waals surface area contributed by atoms with Gasteiger partial charge in [-0.15, -0.1) is 5.10 Å². The monoisotopic (exact) mass is 457 g/mol. The largest absolute Gasteiger partial charge is 0.478 e. The molecule has 0 saturated carbocycles. The highest BCUT2D eigenvalue weighted by atomic mass is 19.1. The quantitative estimate of drug-likeness (QED) is 0.540. The number of hydrogen-bond donors (Lipinski definition) is 2. The molecular weight excluding hydrogens is 429 g/mol. The highest BCUT2D eigenvalue weighted by Crippen LogP contribution is 2.32. The molecule has 0 radical (unpaired) electrons. The zero-order valence-corrected chi connectivity index (χ0v) is 19.3. The molecule has 0 aromatic carbocycles. The number of carbonyl (C=O) groups is 1. The average Bonchev–Trinajstić information content (AvgIpc) is 3.44. The predicted octanol–water partition coefficient (Wildman–Crippen LogP) is 1.90. The predicted molar refractivity (Wildman–Crippen MR) is 123 cm³/mol. The maximum Gasteiger partial charge on any atom is 0.256 e. The number of methoxy groups -OCH3 is 1. The van der Waals surface area contributed by atoms with Crippen molar-refractivity contribution in [1.29, 1.82) is 0 Å². The normalized spacial score (nSPS) is 18.5. The average molecular weight is 458 g/mol. The lowest BCUT2D eigenvalue weighted by molar-refractivity contribution is -0.117. The van der Waals surface area contributed by atoms with E-state index in [4.69, 9.17) is 9.72 Å². The minimum absolute atomic E-state index is 0.0485. The molecule has 2 N–H and O–H groups in total. The van der Waals surface area contributed by atoms with Gasteiger partial charge in [0, 0.05) is 19.1 Å². The molecule has 1 aliphatic rings. The summed E-state index contributed by atoms with van der Waals surface area (Å²) < 4.78 is 23.6. The summed E-state index contributed by atoms with van der Waals surface area (Å²) in [5.74, 6) is 0.756. The van der Waals surface area contributed by atoms with Crippen molar-refractivity contribution in [2.75, 3.05) is 30.4 Å². The maximum absolute atomic E-state index is 14.7. The van der Waals surface area contributed by atoms with Crippen molar-refractivity contribution in [3.63, 3.8) is 0 Å². The molecule has 0 spiro atoms. The third-order valence-corrected chi connectivity index (χ3v) is 5.39. The van der Waals surface area contributed by atoms with Crippen LogP contribution in [0.2, 0.25) is 0 Å². The Morgan fingerprint density at radius 2 is 2.09 bits per heavy atom. The molecular formula is C21H28FN9O2. The minimum atomic E-state index is -1.27. The SMILES string of the molecule is C=CC(=O)NC1CN(c2nc(Nc3cn(C)nc3OC)c3ncn(C(C)(C)C)c3n2)CC1F. The smallest absolute Gasteiger partial charge is 0.256 e. The van der Waals surface area contributed by atoms with E-state index in [1.165, 1.54) is 7.11 Å². The number of ether oxygens (including phenoxy) is 1. The second-order valence-electron chi connectivity index (χ2n) is 8.92. The van der Waals surface area contributed by atoms with E-state index in [-0.39, 0.29) is 18.6 Å². The van der Waals surface area contributed by atoms with E-state index in [9.17, 15) is 9.18 Å². The molecule has 3 aromatic heterocycles. The Morgan fingerprint density at radius 3 is 2.76 bits per heavy atom. The van der Waals surface area contributed by atoms with Crippen LogP contribution in [0.15, 0.2) is 25.2 Å². The lowest BCUT2D eigenvalue weighted by atomic mass is 10.1. The number of halogens is 1. The van der Waals surface area contributed by atoms with E-state index in [1.807, 2.05) is 25.3 Å². The first kappa shape index (κ1) is 22.5. The fraction of sp³-hybridized carbons (Fsp3) is 0.476. The maximum atomic E-state index is 14.7. The van der Waals surface area contributed by atoms with Gasteiger partial charge in [0.05, 0.1) is 32.2 Å². The molecule has 4 heterocycles. The van der Waals surface area contributed by atoms with E-state index in [2.05, 4.69) is 32.3 Å². The van der Waals surface area contributed by atoms with Gasteiger partial charge in [0.2, 0.25) is 11.9 Å². The van der Waals surface area contributed by atoms with Crippen LogP contribution in [-0.2, 0) is 17.4 Å². The van der Waals surface area contributed by atoms with Crippen molar-refractivity contribution in [1.82, 2.24) is 34.6 Å². The van der Waals surface area contributed by atoms with E-state index in [0.717, 1.165) is 6.08 Å². The van der Waals surface area contributed by atoms with Crippen molar-refractivity contribution >= 4 is 34.5 Å². The molecule has 2 unspecified atom stereocenters. The van der Waals surface area contributed by atoms with Crippen LogP contribution in [0.3, 0.4) is 0 Å². The Hall–Kier alpha value is -3.70. The number of anilines is 3. The molecule has 1 fully saturated rings. The minimum Gasteiger partial charge on any atom is -0.478 e. The van der Waals surface area contributed by atoms with Gasteiger partial charge < -0.3 is 24.8 Å². The molecule has 11 nitrogen and oxygen atoms in total. The highest BCUT2D eigenvalue weighted by molar-refractivity contribution is 5.88. The number of nitrogens with zero attached hydrogens (tertiary/aromatic N) is 7. The first-order chi connectivity index (χ1) is 15.6. The summed E-state index contributed by atoms with van der Waals surface area (Å²) in [6.07, 6.45) is 3.34. The van der Waals surface area contributed by atoms with Crippen LogP contribution in [0, 0.1) is 0 Å². The summed E-state index contributed by atoms with van der Waals surface area (Å²) in [4.78, 5) is 27.3. The van der Waals surface area contributed by atoms with Crippen LogP contribution in [0.5, 0.6) is 5.88 Å². The second kappa shape index (κ2) is 8.34. The number of imidazole rings is 1. The lowest BCUT2D eigenvalue weighted by Gasteiger charge is -2.22. The van der Waals surface area contributed by atoms with Crippen molar-refractivity contribution in [2.45, 2.75) is 38.5 Å². The van der Waals surface area contributed by atoms with Crippen LogP contribution in [0.4, 0.5) is 21.8 Å². The van der Waals surface area contributed by atoms with Gasteiger partial charge in [0.15, 0.2) is 17.0 Å². The molecule has 176 valence electrons. The fourth-order valence-corrected chi connectivity index (χ4v) is 3.75. The van der Waals surface area contributed by atoms with Crippen molar-refractivity contribution in [3.8, 4) is 5.88 Å². The molecule has 1 amide bonds. The number of amides is 1. The highest BCUT2D eigenvalue weighted by Gasteiger charge is 2.36. The molecule has 12 heteroatoms. The van der Waals surface area contributed by atoms with Crippen LogP contribution < -0.4 is 20.3 Å². The van der Waals surface area contributed by atoms with Crippen LogP contribution in [0.25, 0.3) is 11.2 Å². The standard InChI is InChI=1S/C21H28FN9O2/c1-7-15(32)24-13-10-30(8-12(13)22)20-26-17(25-14-9-29(5)28-19(14)33-6)16-18(27-20)31(11-23-16)21(2,3)4/h7,9,11-13H,1,8,10H2,2-6H3,(H,24,32)(H,25,26,27). The van der Waals surface area contributed by atoms with Crippen LogP contribution >= 0.6 is 0 Å². The lowest BCUT2D eigenvalue weighted by Crippen LogP contribution is -2.40. The Bertz CT molecular complexity index is 1200. The molecule has 0 bridgehead atoms. The fourth-order valence-electron chi connectivity index (χ4n) is 3.75. The molecule has 33 heavy (non-hydrogen) atoms. The van der Waals surface area contributed by atoms with Gasteiger partial charge in [-0.05, 0) is 26.8 Å². The van der Waals surface area contributed by atoms with Gasteiger partial charge in [0.25, 0.3) is 5.88 Å². The summed E-state index contributed by atoms with van der Waals surface area (Å²) in [7, 11) is 3.32. The number of alkyl halides is 1. The summed E-state index contributed by atoms with van der Waals surface area (Å²) in [5, 5.41) is 10.1. The first-order valence-corrected chi connectivity index (χ1v) is 10.5. The first-order valence-electron chi connectivity index (χ1n) is 10.5. The van der Waals surface area contributed by atoms with Crippen LogP contribution in [-0.4, -0.2) is 67.6 Å². The number of hydrogen-bond acceptors (Lipinski definition) is 8. The number of aryl methyl sites for hydroxylation is 1. The molecule has 4 rings (SSSR count). The van der Waals surface area contributed by atoms with Gasteiger partial charge in [-0.1, -0.05) is 6.58 Å². The summed E-state index contributed by atoms with van der Waals surface area (Å²) in [6, 6.07) is -0.683. The van der Waals surface area contributed by atoms with Gasteiger partial charge in [-0.2, -0.15) is 9.97 Å². The molecule has 1 saturated heterocycles. The van der Waals surface area contributed by atoms with E-state index in [1.54, 1.807) is 29.2 Å². The number of rotatable bonds is 6. The van der Waals surface area contributed by atoms with Crippen LogP contribution in [0.1, 0.15) is 20.8 Å². The van der Waals surface area contributed by atoms with Gasteiger partial charge >= 0.3 is 0 Å². The van der Waals surface area contributed by atoms with E-state index in [0.29, 0.717) is 34.5 Å². The topological polar surface area (TPSA) is 115 Å². The van der Waals surface area contributed by atoms with Gasteiger partial charge in [-0.3, -0.25) is 9.48 Å². The van der Waals surface area contributed by atoms with Crippen molar-refractivity contribution in [3.05, 3.63) is 25.2 Å². The molecule has 2 atom stereocenters. The van der Waals surface area contributed by atoms with Gasteiger partial charge in [-0.25, -0.2) is 9.37 Å². The zero-order chi connectivity index (χ0) is 23.9. The number of aromatic nitrogens is 6. The third kappa shape index (κ3) is 4.32. The second-order valence-corrected chi connectivity index (χ2v) is 8.92. The summed E-state index contributed by atoms with van der Waals surface area (Å²) in [6.45, 7) is 9.83. The zero-order valence-electron chi connectivity index (χ0n) is 19.3. The Morgan fingerprint density at radius 1 is 1.33 bits per heavy atom. The third-order valence-electron chi connectivity index (χ3n) is 5.39. The molecule has 3 aromatic rings. The summed E-state index contributed by atoms with van der Waals surface area (Å²) >= 11 is 0. The Balaban J connectivity index is 1.77. The Kier molecular flexibility index (Phi) is 5.68. The van der Waals surface area contributed by atoms with E-state index < -0.39 is 18.1 Å².